The number of hydrogen-bond donors (Lipinski definition) is 2. The number of aldehydes is 1. The summed E-state index contributed by atoms with van der Waals surface area (Å²) >= 11 is 0. The summed E-state index contributed by atoms with van der Waals surface area (Å²) in [6.07, 6.45) is 2.89. The maximum Gasteiger partial charge on any atom is 0.326 e. The average molecular weight is 252 g/mol. The van der Waals surface area contributed by atoms with Gasteiger partial charge in [0.15, 0.2) is 6.29 Å². The Morgan fingerprint density at radius 2 is 2.28 bits per heavy atom. The zero-order valence-corrected chi connectivity index (χ0v) is 10.1. The summed E-state index contributed by atoms with van der Waals surface area (Å²) in [4.78, 5) is 32.9. The van der Waals surface area contributed by atoms with Gasteiger partial charge in [0.2, 0.25) is 5.91 Å². The maximum absolute atomic E-state index is 11.5. The SMILES string of the molecule is CCC(NC(=O)CCn1cccc1C=O)C(=O)O. The molecule has 0 aromatic carbocycles. The van der Waals surface area contributed by atoms with Crippen LogP contribution < -0.4 is 5.32 Å². The Bertz CT molecular complexity index is 439. The largest absolute Gasteiger partial charge is 0.480 e. The lowest BCUT2D eigenvalue weighted by atomic mass is 10.2. The fraction of sp³-hybridized carbons (Fsp3) is 0.417. The summed E-state index contributed by atoms with van der Waals surface area (Å²) in [6.45, 7) is 2.04. The first-order chi connectivity index (χ1) is 8.58. The Labute approximate surface area is 105 Å². The molecule has 0 saturated heterocycles. The van der Waals surface area contributed by atoms with Crippen molar-refractivity contribution in [3.63, 3.8) is 0 Å². The Morgan fingerprint density at radius 3 is 2.83 bits per heavy atom. The van der Waals surface area contributed by atoms with Gasteiger partial charge in [0.25, 0.3) is 0 Å². The number of rotatable bonds is 7. The first kappa shape index (κ1) is 14.0. The van der Waals surface area contributed by atoms with Gasteiger partial charge in [0.05, 0.1) is 5.69 Å². The highest BCUT2D eigenvalue weighted by Crippen LogP contribution is 2.01. The standard InChI is InChI=1S/C12H16N2O4/c1-2-10(12(17)18)13-11(16)5-7-14-6-3-4-9(14)8-15/h3-4,6,8,10H,2,5,7H2,1H3,(H,13,16)(H,17,18). The number of carboxylic acid groups (broad SMARTS) is 1. The van der Waals surface area contributed by atoms with Crippen molar-refractivity contribution in [1.82, 2.24) is 9.88 Å². The summed E-state index contributed by atoms with van der Waals surface area (Å²) in [6, 6.07) is 2.51. The molecular weight excluding hydrogens is 236 g/mol. The third-order valence-corrected chi connectivity index (χ3v) is 2.61. The molecule has 1 amide bonds. The second-order valence-corrected chi connectivity index (χ2v) is 3.86. The molecule has 0 spiro atoms. The number of amides is 1. The summed E-state index contributed by atoms with van der Waals surface area (Å²) in [5.74, 6) is -1.38. The van der Waals surface area contributed by atoms with Gasteiger partial charge in [-0.25, -0.2) is 4.79 Å². The average Bonchev–Trinajstić information content (AvgIpc) is 2.80. The van der Waals surface area contributed by atoms with Crippen LogP contribution in [0, 0.1) is 0 Å². The van der Waals surface area contributed by atoms with Crippen molar-refractivity contribution in [2.24, 2.45) is 0 Å². The second kappa shape index (κ2) is 6.58. The van der Waals surface area contributed by atoms with Crippen molar-refractivity contribution < 1.29 is 19.5 Å². The second-order valence-electron chi connectivity index (χ2n) is 3.86. The van der Waals surface area contributed by atoms with Crippen molar-refractivity contribution >= 4 is 18.2 Å². The quantitative estimate of drug-likeness (QED) is 0.698. The zero-order valence-electron chi connectivity index (χ0n) is 10.1. The van der Waals surface area contributed by atoms with Gasteiger partial charge in [-0.1, -0.05) is 6.92 Å². The Hall–Kier alpha value is -2.11. The van der Waals surface area contributed by atoms with Crippen LogP contribution >= 0.6 is 0 Å². The van der Waals surface area contributed by atoms with Crippen LogP contribution in [0.2, 0.25) is 0 Å². The van der Waals surface area contributed by atoms with E-state index in [0.29, 0.717) is 24.9 Å². The molecule has 18 heavy (non-hydrogen) atoms. The Balaban J connectivity index is 2.46. The van der Waals surface area contributed by atoms with Crippen LogP contribution in [-0.4, -0.2) is 33.9 Å². The van der Waals surface area contributed by atoms with E-state index in [2.05, 4.69) is 5.32 Å². The van der Waals surface area contributed by atoms with Crippen LogP contribution in [-0.2, 0) is 16.1 Å². The summed E-state index contributed by atoms with van der Waals surface area (Å²) < 4.78 is 1.65. The van der Waals surface area contributed by atoms with Gasteiger partial charge in [-0.05, 0) is 18.6 Å². The predicted octanol–water partition coefficient (Wildman–Crippen LogP) is 0.670. The highest BCUT2D eigenvalue weighted by Gasteiger charge is 2.17. The number of aromatic nitrogens is 1. The van der Waals surface area contributed by atoms with Crippen LogP contribution in [0.4, 0.5) is 0 Å². The van der Waals surface area contributed by atoms with Gasteiger partial charge < -0.3 is 15.0 Å². The van der Waals surface area contributed by atoms with E-state index >= 15 is 0 Å². The molecule has 6 heteroatoms. The number of carbonyl (C=O) groups excluding carboxylic acids is 2. The molecule has 1 aromatic heterocycles. The van der Waals surface area contributed by atoms with Gasteiger partial charge in [-0.15, -0.1) is 0 Å². The van der Waals surface area contributed by atoms with Gasteiger partial charge in [0, 0.05) is 19.2 Å². The fourth-order valence-electron chi connectivity index (χ4n) is 1.56. The van der Waals surface area contributed by atoms with Crippen molar-refractivity contribution in [3.8, 4) is 0 Å². The number of aliphatic carboxylic acids is 1. The smallest absolute Gasteiger partial charge is 0.326 e. The molecule has 6 nitrogen and oxygen atoms in total. The highest BCUT2D eigenvalue weighted by atomic mass is 16.4. The molecule has 0 aliphatic rings. The van der Waals surface area contributed by atoms with Crippen LogP contribution in [0.1, 0.15) is 30.3 Å². The van der Waals surface area contributed by atoms with Crippen molar-refractivity contribution in [2.75, 3.05) is 0 Å². The van der Waals surface area contributed by atoms with E-state index < -0.39 is 12.0 Å². The van der Waals surface area contributed by atoms with Crippen LogP contribution in [0.5, 0.6) is 0 Å². The van der Waals surface area contributed by atoms with E-state index in [9.17, 15) is 14.4 Å². The monoisotopic (exact) mass is 252 g/mol. The topological polar surface area (TPSA) is 88.4 Å². The molecule has 1 aromatic rings. The lowest BCUT2D eigenvalue weighted by Gasteiger charge is -2.12. The van der Waals surface area contributed by atoms with Crippen LogP contribution in [0.15, 0.2) is 18.3 Å². The molecule has 1 heterocycles. The molecule has 0 saturated carbocycles. The van der Waals surface area contributed by atoms with Gasteiger partial charge in [-0.3, -0.25) is 9.59 Å². The number of carbonyl (C=O) groups is 3. The fourth-order valence-corrected chi connectivity index (χ4v) is 1.56. The van der Waals surface area contributed by atoms with Crippen LogP contribution in [0.25, 0.3) is 0 Å². The number of hydrogen-bond acceptors (Lipinski definition) is 3. The Kier molecular flexibility index (Phi) is 5.10. The van der Waals surface area contributed by atoms with Crippen LogP contribution in [0.3, 0.4) is 0 Å². The van der Waals surface area contributed by atoms with E-state index in [-0.39, 0.29) is 12.3 Å². The van der Waals surface area contributed by atoms with Crippen molar-refractivity contribution in [2.45, 2.75) is 32.4 Å². The molecule has 98 valence electrons. The number of carboxylic acids is 1. The van der Waals surface area contributed by atoms with E-state index in [1.54, 1.807) is 29.8 Å². The van der Waals surface area contributed by atoms with Gasteiger partial charge in [0.1, 0.15) is 6.04 Å². The zero-order chi connectivity index (χ0) is 13.5. The molecule has 1 atom stereocenters. The summed E-state index contributed by atoms with van der Waals surface area (Å²) in [5.41, 5.74) is 0.494. The molecular formula is C12H16N2O4. The normalized spacial score (nSPS) is 11.8. The van der Waals surface area contributed by atoms with E-state index in [1.807, 2.05) is 0 Å². The van der Waals surface area contributed by atoms with Gasteiger partial charge >= 0.3 is 5.97 Å². The predicted molar refractivity (Wildman–Crippen MR) is 64.3 cm³/mol. The number of nitrogens with zero attached hydrogens (tertiary/aromatic N) is 1. The molecule has 2 N–H and O–H groups in total. The molecule has 0 radical (unpaired) electrons. The summed E-state index contributed by atoms with van der Waals surface area (Å²) in [7, 11) is 0. The summed E-state index contributed by atoms with van der Waals surface area (Å²) in [5, 5.41) is 11.2. The lowest BCUT2D eigenvalue weighted by Crippen LogP contribution is -2.40. The number of aryl methyl sites for hydroxylation is 1. The minimum Gasteiger partial charge on any atom is -0.480 e. The first-order valence-electron chi connectivity index (χ1n) is 5.71. The van der Waals surface area contributed by atoms with Gasteiger partial charge in [-0.2, -0.15) is 0 Å². The maximum atomic E-state index is 11.5. The van der Waals surface area contributed by atoms with E-state index in [1.165, 1.54) is 0 Å². The first-order valence-corrected chi connectivity index (χ1v) is 5.71. The molecule has 0 aliphatic carbocycles. The molecule has 0 fully saturated rings. The third kappa shape index (κ3) is 3.73. The molecule has 0 bridgehead atoms. The van der Waals surface area contributed by atoms with Crippen molar-refractivity contribution in [1.29, 1.82) is 0 Å². The molecule has 1 unspecified atom stereocenters. The van der Waals surface area contributed by atoms with E-state index in [4.69, 9.17) is 5.11 Å². The molecule has 1 rings (SSSR count). The van der Waals surface area contributed by atoms with E-state index in [0.717, 1.165) is 0 Å². The van der Waals surface area contributed by atoms with Crippen molar-refractivity contribution in [3.05, 3.63) is 24.0 Å². The lowest BCUT2D eigenvalue weighted by molar-refractivity contribution is -0.141. The minimum atomic E-state index is -1.04. The minimum absolute atomic E-state index is 0.138. The Morgan fingerprint density at radius 1 is 1.56 bits per heavy atom. The number of nitrogens with one attached hydrogen (secondary N) is 1. The highest BCUT2D eigenvalue weighted by molar-refractivity contribution is 5.83. The molecule has 0 aliphatic heterocycles. The third-order valence-electron chi connectivity index (χ3n) is 2.61.